The zero-order valence-corrected chi connectivity index (χ0v) is 14.5. The van der Waals surface area contributed by atoms with E-state index in [1.165, 1.54) is 25.6 Å². The van der Waals surface area contributed by atoms with E-state index in [1.807, 2.05) is 0 Å². The van der Waals surface area contributed by atoms with Gasteiger partial charge in [-0.1, -0.05) is 36.0 Å². The third-order valence-electron chi connectivity index (χ3n) is 3.06. The molecular weight excluding hydrogens is 340 g/mol. The van der Waals surface area contributed by atoms with Crippen LogP contribution >= 0.6 is 11.8 Å². The summed E-state index contributed by atoms with van der Waals surface area (Å²) in [5.74, 6) is -1.93. The second kappa shape index (κ2) is 8.25. The predicted octanol–water partition coefficient (Wildman–Crippen LogP) is 2.39. The van der Waals surface area contributed by atoms with Crippen molar-refractivity contribution < 1.29 is 19.2 Å². The highest BCUT2D eigenvalue weighted by atomic mass is 32.2. The molecule has 0 unspecified atom stereocenters. The number of hydrogen-bond donors (Lipinski definition) is 2. The van der Waals surface area contributed by atoms with Crippen molar-refractivity contribution in [1.29, 1.82) is 0 Å². The first kappa shape index (κ1) is 18.4. The second-order valence-electron chi connectivity index (χ2n) is 5.12. The van der Waals surface area contributed by atoms with Gasteiger partial charge in [-0.15, -0.1) is 0 Å². The Morgan fingerprint density at radius 2 is 1.04 bits per heavy atom. The van der Waals surface area contributed by atoms with E-state index in [1.54, 1.807) is 48.5 Å². The molecule has 0 saturated heterocycles. The fourth-order valence-electron chi connectivity index (χ4n) is 2.06. The van der Waals surface area contributed by atoms with Crippen molar-refractivity contribution in [3.8, 4) is 0 Å². The summed E-state index contributed by atoms with van der Waals surface area (Å²) < 4.78 is 0. The Labute approximate surface area is 149 Å². The van der Waals surface area contributed by atoms with Gasteiger partial charge in [-0.2, -0.15) is 0 Å². The van der Waals surface area contributed by atoms with Gasteiger partial charge in [-0.3, -0.25) is 29.8 Å². The minimum atomic E-state index is -0.513. The van der Waals surface area contributed by atoms with Crippen molar-refractivity contribution >= 4 is 35.4 Å². The first-order valence-corrected chi connectivity index (χ1v) is 8.20. The van der Waals surface area contributed by atoms with Crippen molar-refractivity contribution in [2.24, 2.45) is 0 Å². The number of rotatable bonds is 4. The number of imide groups is 2. The van der Waals surface area contributed by atoms with Crippen molar-refractivity contribution in [3.63, 3.8) is 0 Å². The van der Waals surface area contributed by atoms with Crippen molar-refractivity contribution in [1.82, 2.24) is 10.6 Å². The number of benzene rings is 2. The highest BCUT2D eigenvalue weighted by Crippen LogP contribution is 2.32. The highest BCUT2D eigenvalue weighted by Gasteiger charge is 2.17. The lowest BCUT2D eigenvalue weighted by Gasteiger charge is -2.11. The van der Waals surface area contributed by atoms with Gasteiger partial charge in [-0.05, 0) is 24.3 Å². The largest absolute Gasteiger partial charge is 0.293 e. The molecule has 2 rings (SSSR count). The van der Waals surface area contributed by atoms with Gasteiger partial charge < -0.3 is 0 Å². The van der Waals surface area contributed by atoms with Gasteiger partial charge in [0.2, 0.25) is 11.8 Å². The number of carbonyl (C=O) groups excluding carboxylic acids is 4. The summed E-state index contributed by atoms with van der Waals surface area (Å²) in [7, 11) is 0. The van der Waals surface area contributed by atoms with E-state index in [0.717, 1.165) is 0 Å². The van der Waals surface area contributed by atoms with Gasteiger partial charge in [0, 0.05) is 23.6 Å². The number of amides is 4. The van der Waals surface area contributed by atoms with Crippen LogP contribution in [0.4, 0.5) is 0 Å². The molecule has 0 fully saturated rings. The molecular formula is C18H16N2O4S. The summed E-state index contributed by atoms with van der Waals surface area (Å²) in [6, 6.07) is 13.5. The maximum atomic E-state index is 12.2. The van der Waals surface area contributed by atoms with Crippen molar-refractivity contribution in [2.45, 2.75) is 23.6 Å². The summed E-state index contributed by atoms with van der Waals surface area (Å²) >= 11 is 1.21. The number of nitrogens with one attached hydrogen (secondary N) is 2. The Morgan fingerprint density at radius 1 is 0.680 bits per heavy atom. The molecule has 0 aliphatic rings. The first-order valence-electron chi connectivity index (χ1n) is 7.38. The lowest BCUT2D eigenvalue weighted by Crippen LogP contribution is -2.28. The summed E-state index contributed by atoms with van der Waals surface area (Å²) in [5.41, 5.74) is 0.647. The standard InChI is InChI=1S/C18H16N2O4S/c1-11(21)19-17(23)13-7-3-5-9-15(13)25-16-10-6-4-8-14(16)18(24)20-12(2)22/h3-10H,1-2H3,(H,19,21,23)(H,20,22,24). The van der Waals surface area contributed by atoms with Gasteiger partial charge in [0.05, 0.1) is 11.1 Å². The van der Waals surface area contributed by atoms with Crippen LogP contribution in [0.25, 0.3) is 0 Å². The van der Waals surface area contributed by atoms with E-state index in [4.69, 9.17) is 0 Å². The van der Waals surface area contributed by atoms with E-state index in [9.17, 15) is 19.2 Å². The molecule has 0 bridgehead atoms. The normalized spacial score (nSPS) is 10.0. The van der Waals surface area contributed by atoms with E-state index >= 15 is 0 Å². The highest BCUT2D eigenvalue weighted by molar-refractivity contribution is 7.99. The van der Waals surface area contributed by atoms with Crippen LogP contribution in [0.5, 0.6) is 0 Å². The molecule has 2 aromatic carbocycles. The molecule has 0 atom stereocenters. The molecule has 0 radical (unpaired) electrons. The van der Waals surface area contributed by atoms with Crippen LogP contribution in [-0.4, -0.2) is 23.6 Å². The average Bonchev–Trinajstić information content (AvgIpc) is 2.54. The summed E-state index contributed by atoms with van der Waals surface area (Å²) in [6.07, 6.45) is 0. The molecule has 0 aliphatic carbocycles. The summed E-state index contributed by atoms with van der Waals surface area (Å²) in [4.78, 5) is 47.7. The monoisotopic (exact) mass is 356 g/mol. The minimum absolute atomic E-state index is 0.324. The van der Waals surface area contributed by atoms with E-state index in [2.05, 4.69) is 10.6 Å². The summed E-state index contributed by atoms with van der Waals surface area (Å²) in [6.45, 7) is 2.52. The van der Waals surface area contributed by atoms with Crippen LogP contribution in [0.3, 0.4) is 0 Å². The van der Waals surface area contributed by atoms with Crippen LogP contribution in [0.15, 0.2) is 58.3 Å². The fraction of sp³-hybridized carbons (Fsp3) is 0.111. The fourth-order valence-corrected chi connectivity index (χ4v) is 3.13. The molecule has 0 aliphatic heterocycles. The quantitative estimate of drug-likeness (QED) is 0.877. The van der Waals surface area contributed by atoms with Crippen molar-refractivity contribution in [2.75, 3.05) is 0 Å². The third kappa shape index (κ3) is 5.02. The topological polar surface area (TPSA) is 92.3 Å². The SMILES string of the molecule is CC(=O)NC(=O)c1ccccc1Sc1ccccc1C(=O)NC(C)=O. The smallest absolute Gasteiger partial charge is 0.258 e. The Hall–Kier alpha value is -2.93. The van der Waals surface area contributed by atoms with Crippen LogP contribution in [0.1, 0.15) is 34.6 Å². The van der Waals surface area contributed by atoms with Crippen molar-refractivity contribution in [3.05, 3.63) is 59.7 Å². The minimum Gasteiger partial charge on any atom is -0.293 e. The Kier molecular flexibility index (Phi) is 6.08. The molecule has 2 N–H and O–H groups in total. The lowest BCUT2D eigenvalue weighted by atomic mass is 10.2. The van der Waals surface area contributed by atoms with Gasteiger partial charge in [0.25, 0.3) is 11.8 Å². The zero-order valence-electron chi connectivity index (χ0n) is 13.7. The predicted molar refractivity (Wildman–Crippen MR) is 93.3 cm³/mol. The number of hydrogen-bond acceptors (Lipinski definition) is 5. The molecule has 0 saturated carbocycles. The molecule has 128 valence electrons. The molecule has 7 heteroatoms. The van der Waals surface area contributed by atoms with Gasteiger partial charge in [0.1, 0.15) is 0 Å². The summed E-state index contributed by atoms with van der Waals surface area (Å²) in [5, 5.41) is 4.47. The van der Waals surface area contributed by atoms with Gasteiger partial charge in [0.15, 0.2) is 0 Å². The Balaban J connectivity index is 2.35. The molecule has 0 aromatic heterocycles. The average molecular weight is 356 g/mol. The lowest BCUT2D eigenvalue weighted by molar-refractivity contribution is -0.119. The second-order valence-corrected chi connectivity index (χ2v) is 6.20. The Bertz CT molecular complexity index is 779. The Morgan fingerprint density at radius 3 is 1.40 bits per heavy atom. The van der Waals surface area contributed by atoms with E-state index in [-0.39, 0.29) is 0 Å². The third-order valence-corrected chi connectivity index (χ3v) is 4.21. The maximum Gasteiger partial charge on any atom is 0.258 e. The molecule has 6 nitrogen and oxygen atoms in total. The molecule has 4 amide bonds. The van der Waals surface area contributed by atoms with Crippen LogP contribution in [0.2, 0.25) is 0 Å². The molecule has 0 heterocycles. The molecule has 2 aromatic rings. The number of carbonyl (C=O) groups is 4. The van der Waals surface area contributed by atoms with Gasteiger partial charge >= 0.3 is 0 Å². The zero-order chi connectivity index (χ0) is 18.4. The van der Waals surface area contributed by atoms with Crippen LogP contribution in [0, 0.1) is 0 Å². The molecule has 0 spiro atoms. The van der Waals surface area contributed by atoms with E-state index < -0.39 is 23.6 Å². The molecule has 25 heavy (non-hydrogen) atoms. The van der Waals surface area contributed by atoms with Crippen LogP contribution in [-0.2, 0) is 9.59 Å². The van der Waals surface area contributed by atoms with Gasteiger partial charge in [-0.25, -0.2) is 0 Å². The van der Waals surface area contributed by atoms with E-state index in [0.29, 0.717) is 20.9 Å². The first-order chi connectivity index (χ1) is 11.9. The van der Waals surface area contributed by atoms with Crippen LogP contribution < -0.4 is 10.6 Å². The maximum absolute atomic E-state index is 12.2.